The fourth-order valence-corrected chi connectivity index (χ4v) is 2.33. The highest BCUT2D eigenvalue weighted by Gasteiger charge is 2.36. The Morgan fingerprint density at radius 2 is 2.24 bits per heavy atom. The number of amides is 3. The summed E-state index contributed by atoms with van der Waals surface area (Å²) in [6.07, 6.45) is 2.03. The molecule has 2 rings (SSSR count). The van der Waals surface area contributed by atoms with E-state index in [0.29, 0.717) is 24.3 Å². The molecule has 1 aliphatic rings. The van der Waals surface area contributed by atoms with Gasteiger partial charge in [-0.25, -0.2) is 4.98 Å². The third-order valence-corrected chi connectivity index (χ3v) is 3.29. The first-order valence-electron chi connectivity index (χ1n) is 6.92. The standard InChI is InChI=1S/C14H18N4O3/c1-3-10-13(20)17-11(19)8-18(10)14(21)9-6-5-7-16-12(9)15-4-2/h5-7,10H,3-4,8H2,1-2H3,(H,15,16)(H,17,19,20). The van der Waals surface area contributed by atoms with Gasteiger partial charge in [0, 0.05) is 12.7 Å². The molecule has 1 aromatic rings. The van der Waals surface area contributed by atoms with Crippen molar-refractivity contribution in [1.82, 2.24) is 15.2 Å². The predicted octanol–water partition coefficient (Wildman–Crippen LogP) is 0.391. The number of imide groups is 1. The Balaban J connectivity index is 2.33. The van der Waals surface area contributed by atoms with Crippen molar-refractivity contribution in [2.75, 3.05) is 18.4 Å². The lowest BCUT2D eigenvalue weighted by Crippen LogP contribution is -2.59. The van der Waals surface area contributed by atoms with Crippen LogP contribution in [0.15, 0.2) is 18.3 Å². The highest BCUT2D eigenvalue weighted by Crippen LogP contribution is 2.18. The molecule has 2 N–H and O–H groups in total. The maximum absolute atomic E-state index is 12.7. The van der Waals surface area contributed by atoms with E-state index in [1.54, 1.807) is 25.3 Å². The Bertz CT molecular complexity index is 573. The minimum Gasteiger partial charge on any atom is -0.370 e. The zero-order valence-electron chi connectivity index (χ0n) is 12.0. The average Bonchev–Trinajstić information content (AvgIpc) is 2.47. The number of piperazine rings is 1. The molecule has 1 saturated heterocycles. The topological polar surface area (TPSA) is 91.4 Å². The summed E-state index contributed by atoms with van der Waals surface area (Å²) in [6, 6.07) is 2.66. The highest BCUT2D eigenvalue weighted by atomic mass is 16.2. The first-order valence-corrected chi connectivity index (χ1v) is 6.92. The molecule has 7 nitrogen and oxygen atoms in total. The zero-order valence-corrected chi connectivity index (χ0v) is 12.0. The minimum atomic E-state index is -0.634. The van der Waals surface area contributed by atoms with E-state index in [4.69, 9.17) is 0 Å². The van der Waals surface area contributed by atoms with E-state index >= 15 is 0 Å². The highest BCUT2D eigenvalue weighted by molar-refractivity contribution is 6.08. The third-order valence-electron chi connectivity index (χ3n) is 3.29. The van der Waals surface area contributed by atoms with Gasteiger partial charge in [-0.1, -0.05) is 6.92 Å². The van der Waals surface area contributed by atoms with Crippen molar-refractivity contribution in [1.29, 1.82) is 0 Å². The summed E-state index contributed by atoms with van der Waals surface area (Å²) in [4.78, 5) is 41.5. The third kappa shape index (κ3) is 3.01. The van der Waals surface area contributed by atoms with E-state index in [2.05, 4.69) is 15.6 Å². The van der Waals surface area contributed by atoms with Crippen LogP contribution in [0.5, 0.6) is 0 Å². The van der Waals surface area contributed by atoms with Crippen LogP contribution < -0.4 is 10.6 Å². The smallest absolute Gasteiger partial charge is 0.258 e. The number of anilines is 1. The number of nitrogens with zero attached hydrogens (tertiary/aromatic N) is 2. The summed E-state index contributed by atoms with van der Waals surface area (Å²) in [7, 11) is 0. The first-order chi connectivity index (χ1) is 10.1. The van der Waals surface area contributed by atoms with Crippen LogP contribution in [0.1, 0.15) is 30.6 Å². The minimum absolute atomic E-state index is 0.121. The van der Waals surface area contributed by atoms with Crippen molar-refractivity contribution in [2.24, 2.45) is 0 Å². The van der Waals surface area contributed by atoms with E-state index in [1.807, 2.05) is 6.92 Å². The van der Waals surface area contributed by atoms with Gasteiger partial charge in [-0.15, -0.1) is 0 Å². The summed E-state index contributed by atoms with van der Waals surface area (Å²) >= 11 is 0. The maximum Gasteiger partial charge on any atom is 0.258 e. The maximum atomic E-state index is 12.7. The molecule has 0 saturated carbocycles. The number of pyridine rings is 1. The van der Waals surface area contributed by atoms with Gasteiger partial charge in [0.2, 0.25) is 11.8 Å². The van der Waals surface area contributed by atoms with Gasteiger partial charge in [0.15, 0.2) is 0 Å². The molecule has 21 heavy (non-hydrogen) atoms. The Hall–Kier alpha value is -2.44. The summed E-state index contributed by atoms with van der Waals surface area (Å²) in [6.45, 7) is 4.20. The molecule has 1 unspecified atom stereocenters. The summed E-state index contributed by atoms with van der Waals surface area (Å²) in [5.41, 5.74) is 0.361. The molecule has 0 bridgehead atoms. The fraction of sp³-hybridized carbons (Fsp3) is 0.429. The van der Waals surface area contributed by atoms with Crippen molar-refractivity contribution in [3.05, 3.63) is 23.9 Å². The molecule has 1 aliphatic heterocycles. The van der Waals surface area contributed by atoms with Crippen LogP contribution >= 0.6 is 0 Å². The van der Waals surface area contributed by atoms with Crippen LogP contribution in [-0.2, 0) is 9.59 Å². The average molecular weight is 290 g/mol. The van der Waals surface area contributed by atoms with E-state index < -0.39 is 17.9 Å². The molecule has 0 aromatic carbocycles. The van der Waals surface area contributed by atoms with Gasteiger partial charge in [-0.05, 0) is 25.5 Å². The number of nitrogens with one attached hydrogen (secondary N) is 2. The van der Waals surface area contributed by atoms with Crippen LogP contribution in [-0.4, -0.2) is 46.7 Å². The van der Waals surface area contributed by atoms with Gasteiger partial charge < -0.3 is 10.2 Å². The predicted molar refractivity (Wildman–Crippen MR) is 76.7 cm³/mol. The quantitative estimate of drug-likeness (QED) is 0.783. The summed E-state index contributed by atoms with van der Waals surface area (Å²) in [5, 5.41) is 5.26. The van der Waals surface area contributed by atoms with Gasteiger partial charge in [-0.2, -0.15) is 0 Å². The Morgan fingerprint density at radius 1 is 1.48 bits per heavy atom. The second-order valence-electron chi connectivity index (χ2n) is 4.70. The van der Waals surface area contributed by atoms with Gasteiger partial charge in [-0.3, -0.25) is 19.7 Å². The molecule has 0 aliphatic carbocycles. The van der Waals surface area contributed by atoms with E-state index in [0.717, 1.165) is 0 Å². The van der Waals surface area contributed by atoms with Gasteiger partial charge in [0.1, 0.15) is 18.4 Å². The van der Waals surface area contributed by atoms with E-state index in [1.165, 1.54) is 4.90 Å². The number of hydrogen-bond acceptors (Lipinski definition) is 5. The molecular weight excluding hydrogens is 272 g/mol. The van der Waals surface area contributed by atoms with E-state index in [-0.39, 0.29) is 12.5 Å². The van der Waals surface area contributed by atoms with Crippen LogP contribution in [0.25, 0.3) is 0 Å². The lowest BCUT2D eigenvalue weighted by Gasteiger charge is -2.33. The molecule has 0 radical (unpaired) electrons. The number of hydrogen-bond donors (Lipinski definition) is 2. The summed E-state index contributed by atoms with van der Waals surface area (Å²) in [5.74, 6) is -0.810. The second-order valence-corrected chi connectivity index (χ2v) is 4.70. The SMILES string of the molecule is CCNc1ncccc1C(=O)N1CC(=O)NC(=O)C1CC. The van der Waals surface area contributed by atoms with Crippen LogP contribution in [0.3, 0.4) is 0 Å². The van der Waals surface area contributed by atoms with Crippen LogP contribution in [0, 0.1) is 0 Å². The lowest BCUT2D eigenvalue weighted by atomic mass is 10.1. The summed E-state index contributed by atoms with van der Waals surface area (Å²) < 4.78 is 0. The first kappa shape index (κ1) is 15.0. The molecular formula is C14H18N4O3. The molecule has 1 fully saturated rings. The number of carbonyl (C=O) groups is 3. The number of carbonyl (C=O) groups excluding carboxylic acids is 3. The van der Waals surface area contributed by atoms with Crippen molar-refractivity contribution in [3.8, 4) is 0 Å². The molecule has 3 amide bonds. The van der Waals surface area contributed by atoms with Gasteiger partial charge in [0.25, 0.3) is 5.91 Å². The van der Waals surface area contributed by atoms with Crippen molar-refractivity contribution in [3.63, 3.8) is 0 Å². The monoisotopic (exact) mass is 290 g/mol. The van der Waals surface area contributed by atoms with Crippen molar-refractivity contribution >= 4 is 23.5 Å². The molecule has 2 heterocycles. The molecule has 1 aromatic heterocycles. The van der Waals surface area contributed by atoms with Gasteiger partial charge >= 0.3 is 0 Å². The van der Waals surface area contributed by atoms with Gasteiger partial charge in [0.05, 0.1) is 5.56 Å². The zero-order chi connectivity index (χ0) is 15.4. The Kier molecular flexibility index (Phi) is 4.52. The van der Waals surface area contributed by atoms with Crippen LogP contribution in [0.4, 0.5) is 5.82 Å². The van der Waals surface area contributed by atoms with Crippen LogP contribution in [0.2, 0.25) is 0 Å². The second kappa shape index (κ2) is 6.34. The van der Waals surface area contributed by atoms with Crippen molar-refractivity contribution in [2.45, 2.75) is 26.3 Å². The molecule has 112 valence electrons. The van der Waals surface area contributed by atoms with E-state index in [9.17, 15) is 14.4 Å². The van der Waals surface area contributed by atoms with Crippen molar-refractivity contribution < 1.29 is 14.4 Å². The Morgan fingerprint density at radius 3 is 2.90 bits per heavy atom. The fourth-order valence-electron chi connectivity index (χ4n) is 2.33. The number of rotatable bonds is 4. The molecule has 0 spiro atoms. The normalized spacial score (nSPS) is 18.4. The molecule has 7 heteroatoms. The molecule has 1 atom stereocenters. The number of aromatic nitrogens is 1. The largest absolute Gasteiger partial charge is 0.370 e. The Labute approximate surface area is 122 Å². The lowest BCUT2D eigenvalue weighted by molar-refractivity contribution is -0.138.